The van der Waals surface area contributed by atoms with Crippen molar-refractivity contribution < 1.29 is 4.74 Å². The standard InChI is InChI=1S/C15H22BrNO/c1-15(2)9-5-8-14(15)17-13-7-4-6-12(16)11(13)10-18-3/h4,6-7,14,17H,5,8-10H2,1-3H3. The first-order valence-electron chi connectivity index (χ1n) is 6.57. The minimum absolute atomic E-state index is 0.382. The van der Waals surface area contributed by atoms with Gasteiger partial charge >= 0.3 is 0 Å². The molecule has 1 aromatic rings. The van der Waals surface area contributed by atoms with E-state index in [1.165, 1.54) is 30.5 Å². The van der Waals surface area contributed by atoms with Gasteiger partial charge in [-0.3, -0.25) is 0 Å². The summed E-state index contributed by atoms with van der Waals surface area (Å²) in [6.45, 7) is 5.34. The van der Waals surface area contributed by atoms with Crippen LogP contribution in [-0.4, -0.2) is 13.2 Å². The van der Waals surface area contributed by atoms with Crippen LogP contribution in [0.25, 0.3) is 0 Å². The number of nitrogens with one attached hydrogen (secondary N) is 1. The van der Waals surface area contributed by atoms with Gasteiger partial charge in [0.1, 0.15) is 0 Å². The summed E-state index contributed by atoms with van der Waals surface area (Å²) in [6.07, 6.45) is 3.88. The van der Waals surface area contributed by atoms with Crippen molar-refractivity contribution >= 4 is 21.6 Å². The van der Waals surface area contributed by atoms with Gasteiger partial charge in [-0.1, -0.05) is 42.3 Å². The Morgan fingerprint density at radius 3 is 2.83 bits per heavy atom. The summed E-state index contributed by atoms with van der Waals surface area (Å²) in [5, 5.41) is 3.72. The van der Waals surface area contributed by atoms with E-state index in [9.17, 15) is 0 Å². The second-order valence-electron chi connectivity index (χ2n) is 5.78. The monoisotopic (exact) mass is 311 g/mol. The van der Waals surface area contributed by atoms with Gasteiger partial charge in [-0.05, 0) is 30.4 Å². The number of anilines is 1. The molecule has 0 spiro atoms. The van der Waals surface area contributed by atoms with Gasteiger partial charge in [0.25, 0.3) is 0 Å². The molecule has 0 aliphatic heterocycles. The second kappa shape index (κ2) is 5.62. The second-order valence-corrected chi connectivity index (χ2v) is 6.63. The van der Waals surface area contributed by atoms with E-state index >= 15 is 0 Å². The molecule has 0 heterocycles. The Hall–Kier alpha value is -0.540. The maximum Gasteiger partial charge on any atom is 0.0744 e. The number of ether oxygens (including phenoxy) is 1. The van der Waals surface area contributed by atoms with Gasteiger partial charge in [-0.25, -0.2) is 0 Å². The molecule has 1 aliphatic rings. The highest BCUT2D eigenvalue weighted by molar-refractivity contribution is 9.10. The van der Waals surface area contributed by atoms with Crippen LogP contribution in [0.5, 0.6) is 0 Å². The van der Waals surface area contributed by atoms with E-state index in [2.05, 4.69) is 53.3 Å². The fourth-order valence-corrected chi connectivity index (χ4v) is 3.25. The van der Waals surface area contributed by atoms with E-state index in [1.54, 1.807) is 7.11 Å². The molecular formula is C15H22BrNO. The predicted octanol–water partition coefficient (Wildman–Crippen LogP) is 4.59. The van der Waals surface area contributed by atoms with E-state index < -0.39 is 0 Å². The predicted molar refractivity (Wildman–Crippen MR) is 79.9 cm³/mol. The molecule has 18 heavy (non-hydrogen) atoms. The Labute approximate surface area is 118 Å². The topological polar surface area (TPSA) is 21.3 Å². The highest BCUT2D eigenvalue weighted by Crippen LogP contribution is 2.40. The van der Waals surface area contributed by atoms with Gasteiger partial charge in [0.05, 0.1) is 6.61 Å². The first-order chi connectivity index (χ1) is 8.54. The number of methoxy groups -OCH3 is 1. The van der Waals surface area contributed by atoms with Crippen LogP contribution in [0.15, 0.2) is 22.7 Å². The number of rotatable bonds is 4. The van der Waals surface area contributed by atoms with Crippen molar-refractivity contribution in [3.63, 3.8) is 0 Å². The molecule has 3 heteroatoms. The van der Waals surface area contributed by atoms with E-state index in [1.807, 2.05) is 0 Å². The van der Waals surface area contributed by atoms with Crippen LogP contribution < -0.4 is 5.32 Å². The van der Waals surface area contributed by atoms with Crippen LogP contribution in [0, 0.1) is 5.41 Å². The first-order valence-corrected chi connectivity index (χ1v) is 7.37. The molecule has 1 aliphatic carbocycles. The average molecular weight is 312 g/mol. The van der Waals surface area contributed by atoms with Crippen LogP contribution in [0.1, 0.15) is 38.7 Å². The number of benzene rings is 1. The summed E-state index contributed by atoms with van der Waals surface area (Å²) >= 11 is 3.61. The van der Waals surface area contributed by atoms with E-state index in [0.717, 1.165) is 4.47 Å². The van der Waals surface area contributed by atoms with Gasteiger partial charge in [0.15, 0.2) is 0 Å². The van der Waals surface area contributed by atoms with Gasteiger partial charge < -0.3 is 10.1 Å². The van der Waals surface area contributed by atoms with Crippen LogP contribution in [0.4, 0.5) is 5.69 Å². The minimum atomic E-state index is 0.382. The molecule has 1 unspecified atom stereocenters. The van der Waals surface area contributed by atoms with Crippen molar-refractivity contribution in [3.8, 4) is 0 Å². The Morgan fingerprint density at radius 2 is 2.22 bits per heavy atom. The summed E-state index contributed by atoms with van der Waals surface area (Å²) in [6, 6.07) is 6.85. The van der Waals surface area contributed by atoms with Crippen molar-refractivity contribution in [1.82, 2.24) is 0 Å². The number of halogens is 1. The largest absolute Gasteiger partial charge is 0.381 e. The van der Waals surface area contributed by atoms with Crippen LogP contribution in [0.2, 0.25) is 0 Å². The molecule has 1 fully saturated rings. The lowest BCUT2D eigenvalue weighted by Crippen LogP contribution is -2.31. The fraction of sp³-hybridized carbons (Fsp3) is 0.600. The molecule has 0 bridgehead atoms. The third-order valence-electron chi connectivity index (χ3n) is 3.99. The third kappa shape index (κ3) is 2.89. The molecule has 1 aromatic carbocycles. The molecule has 1 N–H and O–H groups in total. The normalized spacial score (nSPS) is 22.1. The molecule has 1 saturated carbocycles. The smallest absolute Gasteiger partial charge is 0.0744 e. The van der Waals surface area contributed by atoms with Crippen LogP contribution in [0.3, 0.4) is 0 Å². The van der Waals surface area contributed by atoms with E-state index in [0.29, 0.717) is 18.1 Å². The zero-order valence-electron chi connectivity index (χ0n) is 11.4. The lowest BCUT2D eigenvalue weighted by Gasteiger charge is -2.29. The van der Waals surface area contributed by atoms with Crippen molar-refractivity contribution in [2.45, 2.75) is 45.8 Å². The molecule has 0 aromatic heterocycles. The first kappa shape index (κ1) is 13.9. The molecule has 1 atom stereocenters. The lowest BCUT2D eigenvalue weighted by atomic mass is 9.87. The van der Waals surface area contributed by atoms with Gasteiger partial charge in [0.2, 0.25) is 0 Å². The molecule has 0 radical (unpaired) electrons. The Kier molecular flexibility index (Phi) is 4.33. The summed E-state index contributed by atoms with van der Waals surface area (Å²) in [5.74, 6) is 0. The van der Waals surface area contributed by atoms with E-state index in [-0.39, 0.29) is 0 Å². The van der Waals surface area contributed by atoms with Crippen molar-refractivity contribution in [2.24, 2.45) is 5.41 Å². The van der Waals surface area contributed by atoms with Gasteiger partial charge in [0, 0.05) is 28.9 Å². The quantitative estimate of drug-likeness (QED) is 0.878. The summed E-state index contributed by atoms with van der Waals surface area (Å²) in [5.41, 5.74) is 2.79. The maximum atomic E-state index is 5.30. The summed E-state index contributed by atoms with van der Waals surface area (Å²) in [4.78, 5) is 0. The molecule has 2 rings (SSSR count). The Bertz CT molecular complexity index is 417. The van der Waals surface area contributed by atoms with Crippen molar-refractivity contribution in [2.75, 3.05) is 12.4 Å². The van der Waals surface area contributed by atoms with Gasteiger partial charge in [-0.15, -0.1) is 0 Å². The Balaban J connectivity index is 2.21. The molecule has 100 valence electrons. The highest BCUT2D eigenvalue weighted by Gasteiger charge is 2.34. The summed E-state index contributed by atoms with van der Waals surface area (Å²) in [7, 11) is 1.74. The van der Waals surface area contributed by atoms with Crippen molar-refractivity contribution in [3.05, 3.63) is 28.2 Å². The van der Waals surface area contributed by atoms with Crippen LogP contribution in [-0.2, 0) is 11.3 Å². The lowest BCUT2D eigenvalue weighted by molar-refractivity contribution is 0.184. The van der Waals surface area contributed by atoms with Crippen LogP contribution >= 0.6 is 15.9 Å². The van der Waals surface area contributed by atoms with Gasteiger partial charge in [-0.2, -0.15) is 0 Å². The number of hydrogen-bond donors (Lipinski definition) is 1. The fourth-order valence-electron chi connectivity index (χ4n) is 2.77. The number of hydrogen-bond acceptors (Lipinski definition) is 2. The zero-order valence-corrected chi connectivity index (χ0v) is 13.0. The minimum Gasteiger partial charge on any atom is -0.381 e. The molecule has 0 amide bonds. The van der Waals surface area contributed by atoms with Crippen molar-refractivity contribution in [1.29, 1.82) is 0 Å². The third-order valence-corrected chi connectivity index (χ3v) is 4.74. The molecular weight excluding hydrogens is 290 g/mol. The Morgan fingerprint density at radius 1 is 1.44 bits per heavy atom. The highest BCUT2D eigenvalue weighted by atomic mass is 79.9. The zero-order chi connectivity index (χ0) is 13.2. The summed E-state index contributed by atoms with van der Waals surface area (Å²) < 4.78 is 6.41. The van der Waals surface area contributed by atoms with E-state index in [4.69, 9.17) is 4.74 Å². The SMILES string of the molecule is COCc1c(Br)cccc1NC1CCCC1(C)C. The average Bonchev–Trinajstić information content (AvgIpc) is 2.63. The molecule has 2 nitrogen and oxygen atoms in total. The maximum absolute atomic E-state index is 5.30. The molecule has 0 saturated heterocycles.